The molecule has 2 aliphatic heterocycles. The molecule has 2 heterocycles. The third-order valence-electron chi connectivity index (χ3n) is 5.34. The second-order valence-electron chi connectivity index (χ2n) is 8.18. The molecule has 2 atom stereocenters. The first kappa shape index (κ1) is 24.9. The number of halogens is 1. The number of ether oxygens (including phenoxy) is 1. The molecule has 2 N–H and O–H groups in total. The monoisotopic (exact) mass is 495 g/mol. The lowest BCUT2D eigenvalue weighted by molar-refractivity contribution is -0.0679. The molecule has 0 amide bonds. The van der Waals surface area contributed by atoms with Gasteiger partial charge >= 0.3 is 0 Å². The van der Waals surface area contributed by atoms with Gasteiger partial charge in [-0.25, -0.2) is 0 Å². The van der Waals surface area contributed by atoms with E-state index in [1.807, 2.05) is 0 Å². The maximum atomic E-state index is 5.81. The molecule has 2 fully saturated rings. The number of likely N-dealkylation sites (tertiary alicyclic amines) is 1. The molecule has 2 rings (SSSR count). The van der Waals surface area contributed by atoms with E-state index in [1.165, 1.54) is 25.9 Å². The molecule has 7 heteroatoms. The van der Waals surface area contributed by atoms with Crippen molar-refractivity contribution in [3.8, 4) is 0 Å². The van der Waals surface area contributed by atoms with E-state index in [9.17, 15) is 0 Å². The molecule has 0 aromatic heterocycles. The molecule has 2 unspecified atom stereocenters. The van der Waals surface area contributed by atoms with Gasteiger partial charge < -0.3 is 20.3 Å². The van der Waals surface area contributed by atoms with Gasteiger partial charge in [-0.2, -0.15) is 0 Å². The Morgan fingerprint density at radius 2 is 1.78 bits per heavy atom. The molecule has 27 heavy (non-hydrogen) atoms. The second-order valence-corrected chi connectivity index (χ2v) is 8.18. The van der Waals surface area contributed by atoms with Crippen molar-refractivity contribution in [3.05, 3.63) is 0 Å². The molecule has 2 aliphatic rings. The van der Waals surface area contributed by atoms with E-state index < -0.39 is 0 Å². The van der Waals surface area contributed by atoms with Gasteiger partial charge in [-0.3, -0.25) is 9.89 Å². The number of nitrogens with one attached hydrogen (secondary N) is 2. The van der Waals surface area contributed by atoms with E-state index in [1.54, 1.807) is 0 Å². The van der Waals surface area contributed by atoms with Crippen LogP contribution in [0, 0.1) is 0 Å². The maximum Gasteiger partial charge on any atom is 0.191 e. The summed E-state index contributed by atoms with van der Waals surface area (Å²) in [6.45, 7) is 18.4. The highest BCUT2D eigenvalue weighted by Crippen LogP contribution is 2.13. The zero-order valence-corrected chi connectivity index (χ0v) is 20.4. The summed E-state index contributed by atoms with van der Waals surface area (Å²) in [5, 5.41) is 7.06. The standard InChI is InChI=1S/C20H41N5O.HI/c1-6-21-20(23-19-8-12-25(13-9-19)16(2)3)22-10-7-11-24-14-17(4)26-18(5)15-24;/h16-19H,6-15H2,1-5H3,(H2,21,22,23);1H. The average molecular weight is 495 g/mol. The molecular formula is C20H42IN5O. The zero-order chi connectivity index (χ0) is 18.9. The molecule has 0 spiro atoms. The number of rotatable bonds is 7. The second kappa shape index (κ2) is 13.2. The lowest BCUT2D eigenvalue weighted by Crippen LogP contribution is -2.50. The van der Waals surface area contributed by atoms with Crippen LogP contribution in [-0.4, -0.2) is 85.9 Å². The Morgan fingerprint density at radius 1 is 1.15 bits per heavy atom. The van der Waals surface area contributed by atoms with Crippen molar-refractivity contribution in [1.82, 2.24) is 20.4 Å². The van der Waals surface area contributed by atoms with E-state index in [0.717, 1.165) is 45.1 Å². The third-order valence-corrected chi connectivity index (χ3v) is 5.34. The average Bonchev–Trinajstić information content (AvgIpc) is 2.58. The number of piperidine rings is 1. The van der Waals surface area contributed by atoms with Crippen LogP contribution in [0.5, 0.6) is 0 Å². The fourth-order valence-corrected chi connectivity index (χ4v) is 4.03. The quantitative estimate of drug-likeness (QED) is 0.246. The molecule has 0 aromatic carbocycles. The number of hydrogen-bond donors (Lipinski definition) is 2. The van der Waals surface area contributed by atoms with Gasteiger partial charge in [-0.15, -0.1) is 24.0 Å². The smallest absolute Gasteiger partial charge is 0.191 e. The predicted octanol–water partition coefficient (Wildman–Crippen LogP) is 2.53. The number of aliphatic imine (C=N–C) groups is 1. The van der Waals surface area contributed by atoms with Gasteiger partial charge in [0.25, 0.3) is 0 Å². The van der Waals surface area contributed by atoms with Gasteiger partial charge in [0.1, 0.15) is 0 Å². The van der Waals surface area contributed by atoms with Crippen molar-refractivity contribution in [2.45, 2.75) is 78.2 Å². The highest BCUT2D eigenvalue weighted by atomic mass is 127. The van der Waals surface area contributed by atoms with E-state index >= 15 is 0 Å². The number of guanidine groups is 1. The minimum Gasteiger partial charge on any atom is -0.373 e. The highest BCUT2D eigenvalue weighted by molar-refractivity contribution is 14.0. The summed E-state index contributed by atoms with van der Waals surface area (Å²) in [5.74, 6) is 0.985. The van der Waals surface area contributed by atoms with Crippen molar-refractivity contribution in [2.75, 3.05) is 45.8 Å². The van der Waals surface area contributed by atoms with Crippen molar-refractivity contribution >= 4 is 29.9 Å². The molecule has 0 bridgehead atoms. The van der Waals surface area contributed by atoms with E-state index in [2.05, 4.69) is 55.1 Å². The first-order valence-electron chi connectivity index (χ1n) is 10.6. The summed E-state index contributed by atoms with van der Waals surface area (Å²) in [5.41, 5.74) is 0. The predicted molar refractivity (Wildman–Crippen MR) is 125 cm³/mol. The Balaban J connectivity index is 0.00000364. The van der Waals surface area contributed by atoms with Crippen LogP contribution < -0.4 is 10.6 Å². The van der Waals surface area contributed by atoms with Crippen molar-refractivity contribution in [3.63, 3.8) is 0 Å². The minimum atomic E-state index is 0. The van der Waals surface area contributed by atoms with Crippen LogP contribution in [0.2, 0.25) is 0 Å². The van der Waals surface area contributed by atoms with Crippen LogP contribution in [0.3, 0.4) is 0 Å². The van der Waals surface area contributed by atoms with Crippen LogP contribution in [0.1, 0.15) is 53.9 Å². The SMILES string of the molecule is CCNC(=NCCCN1CC(C)OC(C)C1)NC1CCN(C(C)C)CC1.I. The Labute approximate surface area is 183 Å². The molecule has 160 valence electrons. The lowest BCUT2D eigenvalue weighted by Gasteiger charge is -2.35. The third kappa shape index (κ3) is 9.28. The van der Waals surface area contributed by atoms with E-state index in [-0.39, 0.29) is 24.0 Å². The summed E-state index contributed by atoms with van der Waals surface area (Å²) in [6, 6.07) is 1.20. The van der Waals surface area contributed by atoms with Gasteiger partial charge in [-0.1, -0.05) is 0 Å². The van der Waals surface area contributed by atoms with Gasteiger partial charge in [0.15, 0.2) is 5.96 Å². The van der Waals surface area contributed by atoms with Gasteiger partial charge in [0.05, 0.1) is 12.2 Å². The maximum absolute atomic E-state index is 5.81. The van der Waals surface area contributed by atoms with Crippen molar-refractivity contribution in [2.24, 2.45) is 4.99 Å². The molecule has 2 saturated heterocycles. The van der Waals surface area contributed by atoms with Gasteiger partial charge in [0, 0.05) is 57.9 Å². The van der Waals surface area contributed by atoms with Crippen LogP contribution in [0.25, 0.3) is 0 Å². The highest BCUT2D eigenvalue weighted by Gasteiger charge is 2.22. The molecule has 0 aromatic rings. The number of morpholine rings is 1. The van der Waals surface area contributed by atoms with Crippen LogP contribution in [0.4, 0.5) is 0 Å². The fourth-order valence-electron chi connectivity index (χ4n) is 4.03. The number of nitrogens with zero attached hydrogens (tertiary/aromatic N) is 3. The minimum absolute atomic E-state index is 0. The Bertz CT molecular complexity index is 417. The summed E-state index contributed by atoms with van der Waals surface area (Å²) in [6.07, 6.45) is 4.19. The first-order chi connectivity index (χ1) is 12.5. The normalized spacial score (nSPS) is 26.1. The molecule has 0 saturated carbocycles. The van der Waals surface area contributed by atoms with E-state index in [0.29, 0.717) is 24.3 Å². The molecular weight excluding hydrogens is 453 g/mol. The largest absolute Gasteiger partial charge is 0.373 e. The van der Waals surface area contributed by atoms with Crippen LogP contribution in [-0.2, 0) is 4.74 Å². The summed E-state index contributed by atoms with van der Waals surface area (Å²) >= 11 is 0. The Kier molecular flexibility index (Phi) is 12.2. The van der Waals surface area contributed by atoms with E-state index in [4.69, 9.17) is 9.73 Å². The van der Waals surface area contributed by atoms with Crippen molar-refractivity contribution < 1.29 is 4.74 Å². The summed E-state index contributed by atoms with van der Waals surface area (Å²) in [7, 11) is 0. The van der Waals surface area contributed by atoms with Crippen LogP contribution in [0.15, 0.2) is 4.99 Å². The van der Waals surface area contributed by atoms with Gasteiger partial charge in [0.2, 0.25) is 0 Å². The first-order valence-corrected chi connectivity index (χ1v) is 10.6. The molecule has 0 aliphatic carbocycles. The molecule has 0 radical (unpaired) electrons. The van der Waals surface area contributed by atoms with Crippen LogP contribution >= 0.6 is 24.0 Å². The lowest BCUT2D eigenvalue weighted by atomic mass is 10.0. The zero-order valence-electron chi connectivity index (χ0n) is 18.0. The Morgan fingerprint density at radius 3 is 2.33 bits per heavy atom. The number of hydrogen-bond acceptors (Lipinski definition) is 4. The molecule has 6 nitrogen and oxygen atoms in total. The summed E-state index contributed by atoms with van der Waals surface area (Å²) in [4.78, 5) is 9.88. The Hall–Kier alpha value is -0.120. The van der Waals surface area contributed by atoms with Crippen molar-refractivity contribution in [1.29, 1.82) is 0 Å². The van der Waals surface area contributed by atoms with Gasteiger partial charge in [-0.05, 0) is 53.9 Å². The topological polar surface area (TPSA) is 52.1 Å². The summed E-state index contributed by atoms with van der Waals surface area (Å²) < 4.78 is 5.81. The fraction of sp³-hybridized carbons (Fsp3) is 0.950.